The molecule has 1 unspecified atom stereocenters. The Morgan fingerprint density at radius 1 is 1.56 bits per heavy atom. The van der Waals surface area contributed by atoms with Gasteiger partial charge in [0.25, 0.3) is 5.91 Å². The van der Waals surface area contributed by atoms with E-state index in [4.69, 9.17) is 4.74 Å². The van der Waals surface area contributed by atoms with Gasteiger partial charge >= 0.3 is 0 Å². The lowest BCUT2D eigenvalue weighted by atomic mass is 10.2. The monoisotopic (exact) mass is 375 g/mol. The Balaban J connectivity index is 1.93. The number of methoxy groups -OCH3 is 1. The maximum atomic E-state index is 12.0. The molecular weight excluding hydrogens is 362 g/mol. The van der Waals surface area contributed by atoms with Crippen molar-refractivity contribution in [3.05, 3.63) is 28.2 Å². The van der Waals surface area contributed by atoms with Crippen LogP contribution in [0.2, 0.25) is 0 Å². The van der Waals surface area contributed by atoms with Crippen LogP contribution in [0.25, 0.3) is 0 Å². The Kier molecular flexibility index (Phi) is 4.67. The summed E-state index contributed by atoms with van der Waals surface area (Å²) in [6.45, 7) is 0.674. The number of rotatable bonds is 5. The SMILES string of the molecule is COc1ccc(C(=O)NCC(Br)C2CC2)cc1Br. The second kappa shape index (κ2) is 6.06. The number of carbonyl (C=O) groups is 1. The van der Waals surface area contributed by atoms with Crippen molar-refractivity contribution >= 4 is 37.8 Å². The lowest BCUT2D eigenvalue weighted by Gasteiger charge is -2.11. The molecule has 1 amide bonds. The van der Waals surface area contributed by atoms with Gasteiger partial charge in [-0.1, -0.05) is 15.9 Å². The molecule has 5 heteroatoms. The summed E-state index contributed by atoms with van der Waals surface area (Å²) in [7, 11) is 1.60. The third-order valence-corrected chi connectivity index (χ3v) is 4.70. The number of ether oxygens (including phenoxy) is 1. The van der Waals surface area contributed by atoms with E-state index in [0.717, 1.165) is 16.1 Å². The van der Waals surface area contributed by atoms with Crippen molar-refractivity contribution in [1.82, 2.24) is 5.32 Å². The molecule has 1 aliphatic rings. The highest BCUT2D eigenvalue weighted by molar-refractivity contribution is 9.10. The van der Waals surface area contributed by atoms with Gasteiger partial charge in [-0.15, -0.1) is 0 Å². The number of hydrogen-bond donors (Lipinski definition) is 1. The van der Waals surface area contributed by atoms with Crippen LogP contribution in [0.3, 0.4) is 0 Å². The lowest BCUT2D eigenvalue weighted by molar-refractivity contribution is 0.0953. The molecule has 1 saturated carbocycles. The van der Waals surface area contributed by atoms with Crippen molar-refractivity contribution in [2.24, 2.45) is 5.92 Å². The molecule has 1 aromatic carbocycles. The fourth-order valence-electron chi connectivity index (χ4n) is 1.72. The first-order valence-electron chi connectivity index (χ1n) is 5.87. The smallest absolute Gasteiger partial charge is 0.251 e. The molecule has 2 rings (SSSR count). The Labute approximate surface area is 124 Å². The quantitative estimate of drug-likeness (QED) is 0.800. The van der Waals surface area contributed by atoms with Crippen molar-refractivity contribution in [1.29, 1.82) is 0 Å². The predicted octanol–water partition coefficient (Wildman–Crippen LogP) is 3.36. The zero-order valence-corrected chi connectivity index (χ0v) is 13.3. The van der Waals surface area contributed by atoms with Gasteiger partial charge in [0, 0.05) is 16.9 Å². The number of amides is 1. The number of nitrogens with one attached hydrogen (secondary N) is 1. The standard InChI is InChI=1S/C13H15Br2NO2/c1-18-12-5-4-9(6-10(12)14)13(17)16-7-11(15)8-2-3-8/h4-6,8,11H,2-3,7H2,1H3,(H,16,17). The van der Waals surface area contributed by atoms with Crippen LogP contribution in [-0.2, 0) is 0 Å². The number of carbonyl (C=O) groups excluding carboxylic acids is 1. The molecule has 0 saturated heterocycles. The first-order valence-corrected chi connectivity index (χ1v) is 7.58. The average molecular weight is 377 g/mol. The largest absolute Gasteiger partial charge is 0.496 e. The van der Waals surface area contributed by atoms with E-state index in [2.05, 4.69) is 37.2 Å². The first kappa shape index (κ1) is 13.9. The Bertz CT molecular complexity index is 447. The number of halogens is 2. The normalized spacial score (nSPS) is 16.2. The van der Waals surface area contributed by atoms with Gasteiger partial charge in [0.2, 0.25) is 0 Å². The molecule has 0 aliphatic heterocycles. The first-order chi connectivity index (χ1) is 8.61. The molecule has 1 aromatic rings. The van der Waals surface area contributed by atoms with Crippen LogP contribution in [0, 0.1) is 5.92 Å². The zero-order valence-electron chi connectivity index (χ0n) is 10.1. The van der Waals surface area contributed by atoms with Crippen LogP contribution >= 0.6 is 31.9 Å². The van der Waals surface area contributed by atoms with Crippen LogP contribution in [0.4, 0.5) is 0 Å². The van der Waals surface area contributed by atoms with Crippen LogP contribution < -0.4 is 10.1 Å². The minimum atomic E-state index is -0.0524. The van der Waals surface area contributed by atoms with Crippen LogP contribution in [0.1, 0.15) is 23.2 Å². The van der Waals surface area contributed by atoms with Gasteiger partial charge in [-0.2, -0.15) is 0 Å². The van der Waals surface area contributed by atoms with Gasteiger partial charge in [-0.05, 0) is 52.9 Å². The topological polar surface area (TPSA) is 38.3 Å². The highest BCUT2D eigenvalue weighted by atomic mass is 79.9. The van der Waals surface area contributed by atoms with Crippen LogP contribution in [0.15, 0.2) is 22.7 Å². The van der Waals surface area contributed by atoms with Crippen molar-refractivity contribution in [2.45, 2.75) is 17.7 Å². The maximum absolute atomic E-state index is 12.0. The van der Waals surface area contributed by atoms with E-state index in [-0.39, 0.29) is 5.91 Å². The van der Waals surface area contributed by atoms with Gasteiger partial charge in [-0.25, -0.2) is 0 Å². The minimum absolute atomic E-state index is 0.0524. The molecule has 1 atom stereocenters. The van der Waals surface area contributed by atoms with Gasteiger partial charge in [0.05, 0.1) is 11.6 Å². The lowest BCUT2D eigenvalue weighted by Crippen LogP contribution is -2.30. The zero-order chi connectivity index (χ0) is 13.1. The number of hydrogen-bond acceptors (Lipinski definition) is 2. The predicted molar refractivity (Wildman–Crippen MR) is 78.5 cm³/mol. The van der Waals surface area contributed by atoms with E-state index < -0.39 is 0 Å². The van der Waals surface area contributed by atoms with E-state index in [1.807, 2.05) is 0 Å². The Morgan fingerprint density at radius 2 is 2.28 bits per heavy atom. The summed E-state index contributed by atoms with van der Waals surface area (Å²) >= 11 is 6.97. The summed E-state index contributed by atoms with van der Waals surface area (Å²) in [4.78, 5) is 12.3. The highest BCUT2D eigenvalue weighted by Gasteiger charge is 2.29. The minimum Gasteiger partial charge on any atom is -0.496 e. The summed E-state index contributed by atoms with van der Waals surface area (Å²) in [6, 6.07) is 5.32. The van der Waals surface area contributed by atoms with E-state index in [0.29, 0.717) is 16.9 Å². The van der Waals surface area contributed by atoms with Crippen molar-refractivity contribution in [3.63, 3.8) is 0 Å². The number of alkyl halides is 1. The molecule has 3 nitrogen and oxygen atoms in total. The molecule has 0 radical (unpaired) electrons. The average Bonchev–Trinajstić information content (AvgIpc) is 3.19. The summed E-state index contributed by atoms with van der Waals surface area (Å²) in [5.74, 6) is 1.40. The maximum Gasteiger partial charge on any atom is 0.251 e. The summed E-state index contributed by atoms with van der Waals surface area (Å²) in [6.07, 6.45) is 2.53. The van der Waals surface area contributed by atoms with E-state index >= 15 is 0 Å². The highest BCUT2D eigenvalue weighted by Crippen LogP contribution is 2.36. The fourth-order valence-corrected chi connectivity index (χ4v) is 2.96. The summed E-state index contributed by atoms with van der Waals surface area (Å²) < 4.78 is 5.92. The summed E-state index contributed by atoms with van der Waals surface area (Å²) in [5, 5.41) is 2.94. The molecule has 1 N–H and O–H groups in total. The second-order valence-corrected chi connectivity index (χ2v) is 6.44. The van der Waals surface area contributed by atoms with Crippen molar-refractivity contribution in [2.75, 3.05) is 13.7 Å². The molecule has 0 aromatic heterocycles. The molecular formula is C13H15Br2NO2. The number of benzene rings is 1. The van der Waals surface area contributed by atoms with Crippen LogP contribution in [0.5, 0.6) is 5.75 Å². The van der Waals surface area contributed by atoms with Gasteiger partial charge in [0.1, 0.15) is 5.75 Å². The molecule has 0 bridgehead atoms. The molecule has 18 heavy (non-hydrogen) atoms. The Morgan fingerprint density at radius 3 is 2.83 bits per heavy atom. The molecule has 0 heterocycles. The van der Waals surface area contributed by atoms with Crippen LogP contribution in [-0.4, -0.2) is 24.4 Å². The molecule has 1 fully saturated rings. The van der Waals surface area contributed by atoms with Crippen molar-refractivity contribution in [3.8, 4) is 5.75 Å². The molecule has 0 spiro atoms. The van der Waals surface area contributed by atoms with E-state index in [9.17, 15) is 4.79 Å². The van der Waals surface area contributed by atoms with Crippen molar-refractivity contribution < 1.29 is 9.53 Å². The van der Waals surface area contributed by atoms with Gasteiger partial charge in [0.15, 0.2) is 0 Å². The second-order valence-electron chi connectivity index (χ2n) is 4.41. The van der Waals surface area contributed by atoms with Gasteiger partial charge < -0.3 is 10.1 Å². The fraction of sp³-hybridized carbons (Fsp3) is 0.462. The third kappa shape index (κ3) is 3.48. The Hall–Kier alpha value is -0.550. The van der Waals surface area contributed by atoms with E-state index in [1.54, 1.807) is 25.3 Å². The van der Waals surface area contributed by atoms with Gasteiger partial charge in [-0.3, -0.25) is 4.79 Å². The van der Waals surface area contributed by atoms with E-state index in [1.165, 1.54) is 12.8 Å². The molecule has 98 valence electrons. The summed E-state index contributed by atoms with van der Waals surface area (Å²) in [5.41, 5.74) is 0.637. The third-order valence-electron chi connectivity index (χ3n) is 3.01. The molecule has 1 aliphatic carbocycles.